The van der Waals surface area contributed by atoms with Crippen LogP contribution in [0.15, 0.2) is 36.9 Å². The highest BCUT2D eigenvalue weighted by atomic mass is 16.3. The third-order valence-corrected chi connectivity index (χ3v) is 1.69. The van der Waals surface area contributed by atoms with Gasteiger partial charge in [0, 0.05) is 5.56 Å². The number of hydrogen-bond acceptors (Lipinski definition) is 2. The van der Waals surface area contributed by atoms with Crippen molar-refractivity contribution in [1.82, 2.24) is 0 Å². The molecule has 0 saturated heterocycles. The van der Waals surface area contributed by atoms with E-state index in [9.17, 15) is 10.2 Å². The highest BCUT2D eigenvalue weighted by Gasteiger charge is 2.08. The van der Waals surface area contributed by atoms with Crippen LogP contribution in [0, 0.1) is 0 Å². The van der Waals surface area contributed by atoms with E-state index in [1.165, 1.54) is 0 Å². The Balaban J connectivity index is 2.86. The maximum Gasteiger partial charge on any atom is 0.121 e. The SMILES string of the molecule is C=CCC(O)c1ccccc1O. The summed E-state index contributed by atoms with van der Waals surface area (Å²) in [7, 11) is 0. The van der Waals surface area contributed by atoms with E-state index in [1.807, 2.05) is 0 Å². The number of aromatic hydroxyl groups is 1. The molecule has 2 N–H and O–H groups in total. The number of aliphatic hydroxyl groups excluding tert-OH is 1. The topological polar surface area (TPSA) is 40.5 Å². The van der Waals surface area contributed by atoms with Crippen LogP contribution >= 0.6 is 0 Å². The smallest absolute Gasteiger partial charge is 0.121 e. The molecule has 0 aliphatic heterocycles. The van der Waals surface area contributed by atoms with Crippen LogP contribution in [0.2, 0.25) is 0 Å². The molecular weight excluding hydrogens is 152 g/mol. The average molecular weight is 164 g/mol. The van der Waals surface area contributed by atoms with Crippen molar-refractivity contribution in [2.24, 2.45) is 0 Å². The first-order valence-electron chi connectivity index (χ1n) is 3.82. The molecule has 1 unspecified atom stereocenters. The molecular formula is C10H12O2. The first kappa shape index (κ1) is 8.81. The van der Waals surface area contributed by atoms with Crippen LogP contribution in [-0.2, 0) is 0 Å². The summed E-state index contributed by atoms with van der Waals surface area (Å²) in [6, 6.07) is 6.76. The van der Waals surface area contributed by atoms with Crippen LogP contribution < -0.4 is 0 Å². The van der Waals surface area contributed by atoms with Crippen molar-refractivity contribution in [2.75, 3.05) is 0 Å². The van der Waals surface area contributed by atoms with E-state index in [0.29, 0.717) is 12.0 Å². The molecule has 0 saturated carbocycles. The molecule has 1 rings (SSSR count). The predicted molar refractivity (Wildman–Crippen MR) is 47.9 cm³/mol. The summed E-state index contributed by atoms with van der Waals surface area (Å²) in [5.41, 5.74) is 0.553. The minimum atomic E-state index is -0.649. The zero-order valence-corrected chi connectivity index (χ0v) is 6.77. The van der Waals surface area contributed by atoms with Gasteiger partial charge in [0.2, 0.25) is 0 Å². The Hall–Kier alpha value is -1.28. The molecule has 0 radical (unpaired) electrons. The number of phenols is 1. The molecule has 0 fully saturated rings. The van der Waals surface area contributed by atoms with Crippen LogP contribution in [0.5, 0.6) is 5.75 Å². The maximum absolute atomic E-state index is 9.47. The molecule has 2 nitrogen and oxygen atoms in total. The molecule has 1 aromatic rings. The van der Waals surface area contributed by atoms with Crippen molar-refractivity contribution in [2.45, 2.75) is 12.5 Å². The average Bonchev–Trinajstić information content (AvgIpc) is 2.05. The van der Waals surface area contributed by atoms with Gasteiger partial charge in [0.15, 0.2) is 0 Å². The number of hydrogen-bond donors (Lipinski definition) is 2. The number of benzene rings is 1. The zero-order chi connectivity index (χ0) is 8.97. The Labute approximate surface area is 71.8 Å². The second-order valence-corrected chi connectivity index (χ2v) is 2.60. The normalized spacial score (nSPS) is 12.4. The number of phenolic OH excluding ortho intramolecular Hbond substituents is 1. The molecule has 0 amide bonds. The summed E-state index contributed by atoms with van der Waals surface area (Å²) < 4.78 is 0. The van der Waals surface area contributed by atoms with E-state index in [0.717, 1.165) is 0 Å². The summed E-state index contributed by atoms with van der Waals surface area (Å²) in [5.74, 6) is 0.131. The van der Waals surface area contributed by atoms with Gasteiger partial charge in [0.05, 0.1) is 6.10 Å². The lowest BCUT2D eigenvalue weighted by atomic mass is 10.1. The van der Waals surface area contributed by atoms with Crippen LogP contribution in [0.3, 0.4) is 0 Å². The molecule has 12 heavy (non-hydrogen) atoms. The van der Waals surface area contributed by atoms with Gasteiger partial charge >= 0.3 is 0 Å². The number of rotatable bonds is 3. The lowest BCUT2D eigenvalue weighted by Gasteiger charge is -2.09. The quantitative estimate of drug-likeness (QED) is 0.671. The van der Waals surface area contributed by atoms with Crippen molar-refractivity contribution in [3.05, 3.63) is 42.5 Å². The van der Waals surface area contributed by atoms with E-state index >= 15 is 0 Å². The van der Waals surface area contributed by atoms with Crippen molar-refractivity contribution in [3.63, 3.8) is 0 Å². The van der Waals surface area contributed by atoms with E-state index in [1.54, 1.807) is 30.3 Å². The number of aliphatic hydroxyl groups is 1. The standard InChI is InChI=1S/C10H12O2/c1-2-5-9(11)8-6-3-4-7-10(8)12/h2-4,6-7,9,11-12H,1,5H2. The van der Waals surface area contributed by atoms with Gasteiger partial charge in [-0.25, -0.2) is 0 Å². The van der Waals surface area contributed by atoms with Crippen LogP contribution in [0.25, 0.3) is 0 Å². The van der Waals surface area contributed by atoms with E-state index in [2.05, 4.69) is 6.58 Å². The fraction of sp³-hybridized carbons (Fsp3) is 0.200. The highest BCUT2D eigenvalue weighted by molar-refractivity contribution is 5.33. The van der Waals surface area contributed by atoms with Crippen molar-refractivity contribution in [1.29, 1.82) is 0 Å². The summed E-state index contributed by atoms with van der Waals surface area (Å²) in [6.07, 6.45) is 1.43. The molecule has 0 bridgehead atoms. The van der Waals surface area contributed by atoms with Gasteiger partial charge < -0.3 is 10.2 Å². The van der Waals surface area contributed by atoms with E-state index < -0.39 is 6.10 Å². The highest BCUT2D eigenvalue weighted by Crippen LogP contribution is 2.25. The number of para-hydroxylation sites is 1. The molecule has 0 aliphatic carbocycles. The second-order valence-electron chi connectivity index (χ2n) is 2.60. The largest absolute Gasteiger partial charge is 0.508 e. The van der Waals surface area contributed by atoms with E-state index in [4.69, 9.17) is 0 Å². The molecule has 0 aliphatic rings. The van der Waals surface area contributed by atoms with Crippen LogP contribution in [0.1, 0.15) is 18.1 Å². The van der Waals surface area contributed by atoms with Gasteiger partial charge in [0.25, 0.3) is 0 Å². The predicted octanol–water partition coefficient (Wildman–Crippen LogP) is 2.00. The second kappa shape index (κ2) is 3.93. The molecule has 0 heterocycles. The third kappa shape index (κ3) is 1.86. The lowest BCUT2D eigenvalue weighted by Crippen LogP contribution is -1.95. The first-order chi connectivity index (χ1) is 5.75. The third-order valence-electron chi connectivity index (χ3n) is 1.69. The van der Waals surface area contributed by atoms with Gasteiger partial charge in [-0.1, -0.05) is 24.3 Å². The van der Waals surface area contributed by atoms with E-state index in [-0.39, 0.29) is 5.75 Å². The monoisotopic (exact) mass is 164 g/mol. The Kier molecular flexibility index (Phi) is 2.88. The summed E-state index contributed by atoms with van der Waals surface area (Å²) >= 11 is 0. The molecule has 0 aromatic heterocycles. The molecule has 64 valence electrons. The molecule has 0 spiro atoms. The van der Waals surface area contributed by atoms with Gasteiger partial charge in [-0.15, -0.1) is 6.58 Å². The molecule has 2 heteroatoms. The summed E-state index contributed by atoms with van der Waals surface area (Å²) in [6.45, 7) is 3.51. The lowest BCUT2D eigenvalue weighted by molar-refractivity contribution is 0.177. The van der Waals surface area contributed by atoms with Crippen molar-refractivity contribution in [3.8, 4) is 5.75 Å². The molecule has 1 aromatic carbocycles. The summed E-state index contributed by atoms with van der Waals surface area (Å²) in [5, 5.41) is 18.8. The first-order valence-corrected chi connectivity index (χ1v) is 3.82. The van der Waals surface area contributed by atoms with Gasteiger partial charge in [0.1, 0.15) is 5.75 Å². The van der Waals surface area contributed by atoms with Crippen LogP contribution in [-0.4, -0.2) is 10.2 Å². The Morgan fingerprint density at radius 1 is 1.42 bits per heavy atom. The van der Waals surface area contributed by atoms with Gasteiger partial charge in [-0.3, -0.25) is 0 Å². The zero-order valence-electron chi connectivity index (χ0n) is 6.77. The minimum absolute atomic E-state index is 0.131. The van der Waals surface area contributed by atoms with Crippen molar-refractivity contribution >= 4 is 0 Å². The fourth-order valence-corrected chi connectivity index (χ4v) is 1.05. The van der Waals surface area contributed by atoms with Gasteiger partial charge in [-0.05, 0) is 12.5 Å². The Bertz CT molecular complexity index is 268. The Morgan fingerprint density at radius 2 is 2.08 bits per heavy atom. The summed E-state index contributed by atoms with van der Waals surface area (Å²) in [4.78, 5) is 0. The molecule has 1 atom stereocenters. The van der Waals surface area contributed by atoms with Crippen molar-refractivity contribution < 1.29 is 10.2 Å². The van der Waals surface area contributed by atoms with Crippen LogP contribution in [0.4, 0.5) is 0 Å². The minimum Gasteiger partial charge on any atom is -0.508 e. The Morgan fingerprint density at radius 3 is 2.67 bits per heavy atom. The fourth-order valence-electron chi connectivity index (χ4n) is 1.05. The van der Waals surface area contributed by atoms with Gasteiger partial charge in [-0.2, -0.15) is 0 Å². The maximum atomic E-state index is 9.47.